The fourth-order valence-corrected chi connectivity index (χ4v) is 6.12. The number of amides is 1. The van der Waals surface area contributed by atoms with Gasteiger partial charge in [0.2, 0.25) is 5.91 Å². The van der Waals surface area contributed by atoms with Gasteiger partial charge in [-0.3, -0.25) is 9.52 Å². The maximum Gasteiger partial charge on any atom is 0.262 e. The summed E-state index contributed by atoms with van der Waals surface area (Å²) in [7, 11) is -3.70. The van der Waals surface area contributed by atoms with Crippen molar-refractivity contribution in [3.63, 3.8) is 0 Å². The van der Waals surface area contributed by atoms with Gasteiger partial charge in [0.05, 0.1) is 16.4 Å². The van der Waals surface area contributed by atoms with Crippen molar-refractivity contribution in [1.29, 1.82) is 0 Å². The molecule has 2 fully saturated rings. The first kappa shape index (κ1) is 21.8. The molecule has 1 saturated carbocycles. The molecule has 2 N–H and O–H groups in total. The Hall–Kier alpha value is -2.38. The van der Waals surface area contributed by atoms with Crippen LogP contribution in [0.25, 0.3) is 0 Å². The lowest BCUT2D eigenvalue weighted by molar-refractivity contribution is -0.124. The van der Waals surface area contributed by atoms with Gasteiger partial charge in [-0.15, -0.1) is 0 Å². The van der Waals surface area contributed by atoms with Gasteiger partial charge in [0.15, 0.2) is 0 Å². The first-order chi connectivity index (χ1) is 14.7. The Morgan fingerprint density at radius 2 is 1.74 bits per heavy atom. The second-order valence-electron chi connectivity index (χ2n) is 8.84. The normalized spacial score (nSPS) is 19.8. The second kappa shape index (κ2) is 8.28. The third-order valence-electron chi connectivity index (χ3n) is 6.26. The second-order valence-corrected chi connectivity index (χ2v) is 10.5. The van der Waals surface area contributed by atoms with Gasteiger partial charge in [-0.2, -0.15) is 0 Å². The summed E-state index contributed by atoms with van der Waals surface area (Å²) in [5.41, 5.74) is 3.38. The monoisotopic (exact) mass is 442 g/mol. The van der Waals surface area contributed by atoms with E-state index in [1.165, 1.54) is 0 Å². The van der Waals surface area contributed by atoms with Crippen LogP contribution in [-0.4, -0.2) is 33.6 Å². The van der Waals surface area contributed by atoms with Crippen LogP contribution >= 0.6 is 0 Å². The van der Waals surface area contributed by atoms with Gasteiger partial charge in [-0.25, -0.2) is 8.42 Å². The van der Waals surface area contributed by atoms with Crippen molar-refractivity contribution in [3.05, 3.63) is 58.7 Å². The molecular formula is C24H30N2O4S. The van der Waals surface area contributed by atoms with E-state index in [9.17, 15) is 13.2 Å². The van der Waals surface area contributed by atoms with E-state index in [4.69, 9.17) is 4.74 Å². The lowest BCUT2D eigenvalue weighted by atomic mass is 9.94. The molecule has 2 aromatic rings. The van der Waals surface area contributed by atoms with Gasteiger partial charge in [-0.1, -0.05) is 29.8 Å². The fraction of sp³-hybridized carbons (Fsp3) is 0.458. The molecule has 0 spiro atoms. The smallest absolute Gasteiger partial charge is 0.262 e. The summed E-state index contributed by atoms with van der Waals surface area (Å²) in [5, 5.41) is 3.04. The Morgan fingerprint density at radius 3 is 2.29 bits per heavy atom. The van der Waals surface area contributed by atoms with Crippen molar-refractivity contribution < 1.29 is 17.9 Å². The Bertz CT molecular complexity index is 1060. The van der Waals surface area contributed by atoms with E-state index in [0.29, 0.717) is 17.1 Å². The number of benzene rings is 2. The number of rotatable bonds is 7. The molecule has 7 heteroatoms. The van der Waals surface area contributed by atoms with Gasteiger partial charge in [0, 0.05) is 18.8 Å². The van der Waals surface area contributed by atoms with Crippen LogP contribution < -0.4 is 10.0 Å². The molecule has 0 aromatic heterocycles. The number of aryl methyl sites for hydroxylation is 3. The van der Waals surface area contributed by atoms with Crippen LogP contribution in [0.4, 0.5) is 5.69 Å². The molecule has 1 aliphatic carbocycles. The predicted octanol–water partition coefficient (Wildman–Crippen LogP) is 3.74. The Kier molecular flexibility index (Phi) is 5.83. The van der Waals surface area contributed by atoms with Gasteiger partial charge in [0.25, 0.3) is 10.0 Å². The molecule has 166 valence electrons. The summed E-state index contributed by atoms with van der Waals surface area (Å²) >= 11 is 0. The summed E-state index contributed by atoms with van der Waals surface area (Å²) in [5.74, 6) is 0.0298. The van der Waals surface area contributed by atoms with E-state index in [0.717, 1.165) is 54.5 Å². The van der Waals surface area contributed by atoms with Crippen molar-refractivity contribution in [2.24, 2.45) is 0 Å². The first-order valence-corrected chi connectivity index (χ1v) is 12.3. The highest BCUT2D eigenvalue weighted by molar-refractivity contribution is 7.92. The highest BCUT2D eigenvalue weighted by Crippen LogP contribution is 2.48. The number of anilines is 1. The molecule has 0 bridgehead atoms. The number of hydrogen-bond acceptors (Lipinski definition) is 4. The molecule has 1 atom stereocenters. The molecule has 2 aromatic carbocycles. The Morgan fingerprint density at radius 1 is 1.10 bits per heavy atom. The molecule has 6 nitrogen and oxygen atoms in total. The Labute approximate surface area is 184 Å². The Balaban J connectivity index is 1.46. The average molecular weight is 443 g/mol. The molecule has 1 aliphatic heterocycles. The predicted molar refractivity (Wildman–Crippen MR) is 121 cm³/mol. The average Bonchev–Trinajstić information content (AvgIpc) is 3.33. The first-order valence-electron chi connectivity index (χ1n) is 10.8. The minimum atomic E-state index is -3.70. The zero-order valence-electron chi connectivity index (χ0n) is 18.3. The summed E-state index contributed by atoms with van der Waals surface area (Å²) in [4.78, 5) is 13.1. The zero-order chi connectivity index (χ0) is 22.2. The maximum absolute atomic E-state index is 13.0. The summed E-state index contributed by atoms with van der Waals surface area (Å²) in [6.45, 7) is 6.89. The highest BCUT2D eigenvalue weighted by atomic mass is 32.2. The van der Waals surface area contributed by atoms with Gasteiger partial charge >= 0.3 is 0 Å². The van der Waals surface area contributed by atoms with E-state index in [1.807, 2.05) is 45.0 Å². The number of nitrogens with one attached hydrogen (secondary N) is 2. The van der Waals surface area contributed by atoms with Gasteiger partial charge < -0.3 is 10.1 Å². The van der Waals surface area contributed by atoms with E-state index < -0.39 is 15.4 Å². The van der Waals surface area contributed by atoms with E-state index in [2.05, 4.69) is 10.0 Å². The van der Waals surface area contributed by atoms with Crippen molar-refractivity contribution in [1.82, 2.24) is 5.32 Å². The fourth-order valence-electron chi connectivity index (χ4n) is 4.61. The largest absolute Gasteiger partial charge is 0.376 e. The number of ether oxygens (including phenoxy) is 1. The molecule has 4 rings (SSSR count). The quantitative estimate of drug-likeness (QED) is 0.684. The molecule has 1 saturated heterocycles. The van der Waals surface area contributed by atoms with Crippen LogP contribution in [-0.2, 0) is 25.0 Å². The van der Waals surface area contributed by atoms with Gasteiger partial charge in [-0.05, 0) is 75.3 Å². The summed E-state index contributed by atoms with van der Waals surface area (Å²) in [6.07, 6.45) is 3.76. The van der Waals surface area contributed by atoms with E-state index in [-0.39, 0.29) is 12.0 Å². The minimum Gasteiger partial charge on any atom is -0.376 e. The molecule has 2 aliphatic rings. The van der Waals surface area contributed by atoms with Crippen molar-refractivity contribution >= 4 is 21.6 Å². The molecule has 1 amide bonds. The molecular weight excluding hydrogens is 412 g/mol. The van der Waals surface area contributed by atoms with Crippen LogP contribution in [0.15, 0.2) is 41.3 Å². The standard InChI is InChI=1S/C24H30N2O4S/c1-16-13-17(2)22(18(3)14-16)31(28,29)26-20-8-6-19(7-9-20)24(10-11-24)23(27)25-15-21-5-4-12-30-21/h6-9,13-14,21,26H,4-5,10-12,15H2,1-3H3,(H,25,27). The lowest BCUT2D eigenvalue weighted by Gasteiger charge is -2.18. The van der Waals surface area contributed by atoms with E-state index in [1.54, 1.807) is 12.1 Å². The van der Waals surface area contributed by atoms with Crippen LogP contribution in [0.3, 0.4) is 0 Å². The van der Waals surface area contributed by atoms with Crippen molar-refractivity contribution in [2.75, 3.05) is 17.9 Å². The molecule has 0 radical (unpaired) electrons. The number of sulfonamides is 1. The number of hydrogen-bond donors (Lipinski definition) is 2. The van der Waals surface area contributed by atoms with Gasteiger partial charge in [0.1, 0.15) is 0 Å². The van der Waals surface area contributed by atoms with Crippen LogP contribution in [0.1, 0.15) is 47.9 Å². The maximum atomic E-state index is 13.0. The van der Waals surface area contributed by atoms with E-state index >= 15 is 0 Å². The SMILES string of the molecule is Cc1cc(C)c(S(=O)(=O)Nc2ccc(C3(C(=O)NCC4CCCO4)CC3)cc2)c(C)c1. The number of carbonyl (C=O) groups is 1. The minimum absolute atomic E-state index is 0.0298. The van der Waals surface area contributed by atoms with Crippen LogP contribution in [0.2, 0.25) is 0 Å². The van der Waals surface area contributed by atoms with Crippen molar-refractivity contribution in [2.45, 2.75) is 62.9 Å². The van der Waals surface area contributed by atoms with Crippen molar-refractivity contribution in [3.8, 4) is 0 Å². The summed E-state index contributed by atoms with van der Waals surface area (Å²) in [6, 6.07) is 10.9. The molecule has 1 unspecified atom stereocenters. The molecule has 1 heterocycles. The number of carbonyl (C=O) groups excluding carboxylic acids is 1. The topological polar surface area (TPSA) is 84.5 Å². The van der Waals surface area contributed by atoms with Crippen LogP contribution in [0.5, 0.6) is 0 Å². The third kappa shape index (κ3) is 4.48. The van der Waals surface area contributed by atoms with Crippen LogP contribution in [0, 0.1) is 20.8 Å². The zero-order valence-corrected chi connectivity index (χ0v) is 19.1. The third-order valence-corrected chi connectivity index (χ3v) is 7.95. The highest BCUT2D eigenvalue weighted by Gasteiger charge is 2.51. The lowest BCUT2D eigenvalue weighted by Crippen LogP contribution is -2.39. The molecule has 31 heavy (non-hydrogen) atoms. The summed E-state index contributed by atoms with van der Waals surface area (Å²) < 4.78 is 34.2.